The Kier molecular flexibility index (Phi) is 4.48. The van der Waals surface area contributed by atoms with E-state index in [1.54, 1.807) is 4.90 Å². The smallest absolute Gasteiger partial charge is 0.254 e. The molecule has 1 N–H and O–H groups in total. The van der Waals surface area contributed by atoms with Crippen molar-refractivity contribution in [1.82, 2.24) is 5.32 Å². The van der Waals surface area contributed by atoms with Gasteiger partial charge in [0.1, 0.15) is 6.04 Å². The number of carbonyl (C=O) groups excluding carboxylic acids is 2. The van der Waals surface area contributed by atoms with E-state index >= 15 is 0 Å². The number of hydrogen-bond acceptors (Lipinski definition) is 2. The van der Waals surface area contributed by atoms with Crippen LogP contribution in [0.4, 0.5) is 5.69 Å². The third-order valence-electron chi connectivity index (χ3n) is 3.92. The van der Waals surface area contributed by atoms with Crippen LogP contribution in [-0.4, -0.2) is 18.4 Å². The quantitative estimate of drug-likeness (QED) is 0.895. The zero-order valence-corrected chi connectivity index (χ0v) is 14.3. The molecule has 23 heavy (non-hydrogen) atoms. The first kappa shape index (κ1) is 15.7. The SMILES string of the molecule is CC(=O)N[C@@H]1C(=O)N(CCc2ccccc2)c2ccc(Br)cc21. The van der Waals surface area contributed by atoms with Crippen molar-refractivity contribution in [3.8, 4) is 0 Å². The lowest BCUT2D eigenvalue weighted by molar-refractivity contribution is -0.126. The van der Waals surface area contributed by atoms with E-state index in [9.17, 15) is 9.59 Å². The Bertz CT molecular complexity index is 746. The largest absolute Gasteiger partial charge is 0.341 e. The van der Waals surface area contributed by atoms with Crippen LogP contribution in [0.15, 0.2) is 53.0 Å². The highest BCUT2D eigenvalue weighted by atomic mass is 79.9. The highest BCUT2D eigenvalue weighted by Crippen LogP contribution is 2.37. The molecule has 118 valence electrons. The molecule has 1 atom stereocenters. The number of fused-ring (bicyclic) bond motifs is 1. The molecule has 0 fully saturated rings. The van der Waals surface area contributed by atoms with Crippen molar-refractivity contribution in [1.29, 1.82) is 0 Å². The number of amides is 2. The van der Waals surface area contributed by atoms with Crippen molar-refractivity contribution in [2.24, 2.45) is 0 Å². The third kappa shape index (κ3) is 3.29. The Balaban J connectivity index is 1.86. The fraction of sp³-hybridized carbons (Fsp3) is 0.222. The number of rotatable bonds is 4. The summed E-state index contributed by atoms with van der Waals surface area (Å²) in [5.74, 6) is -0.289. The summed E-state index contributed by atoms with van der Waals surface area (Å²) in [6.45, 7) is 2.02. The van der Waals surface area contributed by atoms with Gasteiger partial charge in [-0.05, 0) is 30.2 Å². The van der Waals surface area contributed by atoms with E-state index in [1.165, 1.54) is 12.5 Å². The van der Waals surface area contributed by atoms with Gasteiger partial charge in [-0.25, -0.2) is 0 Å². The Morgan fingerprint density at radius 1 is 1.22 bits per heavy atom. The fourth-order valence-corrected chi connectivity index (χ4v) is 3.25. The van der Waals surface area contributed by atoms with Crippen LogP contribution in [0, 0.1) is 0 Å². The summed E-state index contributed by atoms with van der Waals surface area (Å²) in [6.07, 6.45) is 0.773. The summed E-state index contributed by atoms with van der Waals surface area (Å²) in [5, 5.41) is 2.75. The van der Waals surface area contributed by atoms with Gasteiger partial charge < -0.3 is 10.2 Å². The maximum atomic E-state index is 12.7. The molecule has 0 saturated carbocycles. The van der Waals surface area contributed by atoms with Gasteiger partial charge in [0.15, 0.2) is 0 Å². The van der Waals surface area contributed by atoms with Crippen LogP contribution in [-0.2, 0) is 16.0 Å². The molecule has 2 aromatic carbocycles. The molecule has 3 rings (SSSR count). The summed E-state index contributed by atoms with van der Waals surface area (Å²) in [5.41, 5.74) is 2.89. The molecule has 0 aromatic heterocycles. The van der Waals surface area contributed by atoms with Crippen molar-refractivity contribution >= 4 is 33.4 Å². The number of hydrogen-bond donors (Lipinski definition) is 1. The molecule has 0 saturated heterocycles. The van der Waals surface area contributed by atoms with Crippen molar-refractivity contribution in [3.63, 3.8) is 0 Å². The Hall–Kier alpha value is -2.14. The zero-order valence-electron chi connectivity index (χ0n) is 12.8. The monoisotopic (exact) mass is 372 g/mol. The summed E-state index contributed by atoms with van der Waals surface area (Å²) < 4.78 is 0.893. The average molecular weight is 373 g/mol. The number of nitrogens with zero attached hydrogens (tertiary/aromatic N) is 1. The Labute approximate surface area is 143 Å². The van der Waals surface area contributed by atoms with Crippen LogP contribution in [0.3, 0.4) is 0 Å². The van der Waals surface area contributed by atoms with E-state index in [0.717, 1.165) is 22.1 Å². The van der Waals surface area contributed by atoms with E-state index in [4.69, 9.17) is 0 Å². The minimum Gasteiger partial charge on any atom is -0.341 e. The van der Waals surface area contributed by atoms with Gasteiger partial charge in [0.05, 0.1) is 0 Å². The van der Waals surface area contributed by atoms with Gasteiger partial charge in [-0.3, -0.25) is 9.59 Å². The maximum Gasteiger partial charge on any atom is 0.254 e. The van der Waals surface area contributed by atoms with E-state index in [-0.39, 0.29) is 11.8 Å². The third-order valence-corrected chi connectivity index (χ3v) is 4.41. The molecule has 0 aliphatic carbocycles. The lowest BCUT2D eigenvalue weighted by Crippen LogP contribution is -2.37. The van der Waals surface area contributed by atoms with Gasteiger partial charge in [-0.15, -0.1) is 0 Å². The molecule has 2 amide bonds. The highest BCUT2D eigenvalue weighted by molar-refractivity contribution is 9.10. The van der Waals surface area contributed by atoms with E-state index < -0.39 is 6.04 Å². The van der Waals surface area contributed by atoms with E-state index in [0.29, 0.717) is 6.54 Å². The molecule has 0 spiro atoms. The zero-order chi connectivity index (χ0) is 16.4. The number of halogens is 1. The molecule has 1 heterocycles. The first-order valence-corrected chi connectivity index (χ1v) is 8.27. The van der Waals surface area contributed by atoms with Crippen LogP contribution >= 0.6 is 15.9 Å². The summed E-state index contributed by atoms with van der Waals surface area (Å²) >= 11 is 3.43. The van der Waals surface area contributed by atoms with Gasteiger partial charge in [0.25, 0.3) is 5.91 Å². The molecular formula is C18H17BrN2O2. The van der Waals surface area contributed by atoms with Gasteiger partial charge in [0, 0.05) is 29.2 Å². The topological polar surface area (TPSA) is 49.4 Å². The van der Waals surface area contributed by atoms with Crippen molar-refractivity contribution in [3.05, 3.63) is 64.1 Å². The van der Waals surface area contributed by atoms with Crippen LogP contribution in [0.2, 0.25) is 0 Å². The normalized spacial score (nSPS) is 16.3. The molecule has 0 radical (unpaired) electrons. The predicted molar refractivity (Wildman–Crippen MR) is 93.2 cm³/mol. The summed E-state index contributed by atoms with van der Waals surface area (Å²) in [6, 6.07) is 15.2. The second-order valence-electron chi connectivity index (χ2n) is 5.56. The minimum absolute atomic E-state index is 0.0794. The minimum atomic E-state index is -0.601. The highest BCUT2D eigenvalue weighted by Gasteiger charge is 2.37. The van der Waals surface area contributed by atoms with Gasteiger partial charge >= 0.3 is 0 Å². The molecule has 0 bridgehead atoms. The Morgan fingerprint density at radius 3 is 2.65 bits per heavy atom. The standard InChI is InChI=1S/C18H17BrN2O2/c1-12(22)20-17-15-11-14(19)7-8-16(15)21(18(17)23)10-9-13-5-3-2-4-6-13/h2-8,11,17H,9-10H2,1H3,(H,20,22)/t17-/m0/s1. The summed E-state index contributed by atoms with van der Waals surface area (Å²) in [7, 11) is 0. The Morgan fingerprint density at radius 2 is 1.96 bits per heavy atom. The van der Waals surface area contributed by atoms with Gasteiger partial charge in [-0.1, -0.05) is 46.3 Å². The van der Waals surface area contributed by atoms with Crippen LogP contribution in [0.1, 0.15) is 24.1 Å². The van der Waals surface area contributed by atoms with Crippen molar-refractivity contribution < 1.29 is 9.59 Å². The second-order valence-corrected chi connectivity index (χ2v) is 6.48. The van der Waals surface area contributed by atoms with Gasteiger partial charge in [0.2, 0.25) is 5.91 Å². The predicted octanol–water partition coefficient (Wildman–Crippen LogP) is 3.22. The number of nitrogens with one attached hydrogen (secondary N) is 1. The lowest BCUT2D eigenvalue weighted by Gasteiger charge is -2.18. The van der Waals surface area contributed by atoms with Crippen LogP contribution in [0.5, 0.6) is 0 Å². The number of benzene rings is 2. The van der Waals surface area contributed by atoms with E-state index in [2.05, 4.69) is 21.2 Å². The first-order valence-electron chi connectivity index (χ1n) is 7.48. The van der Waals surface area contributed by atoms with Crippen molar-refractivity contribution in [2.45, 2.75) is 19.4 Å². The second kappa shape index (κ2) is 6.54. The number of carbonyl (C=O) groups is 2. The van der Waals surface area contributed by atoms with Crippen molar-refractivity contribution in [2.75, 3.05) is 11.4 Å². The van der Waals surface area contributed by atoms with Crippen LogP contribution in [0.25, 0.3) is 0 Å². The summed E-state index contributed by atoms with van der Waals surface area (Å²) in [4.78, 5) is 25.9. The molecule has 2 aromatic rings. The van der Waals surface area contributed by atoms with Gasteiger partial charge in [-0.2, -0.15) is 0 Å². The molecule has 4 nitrogen and oxygen atoms in total. The molecular weight excluding hydrogens is 356 g/mol. The lowest BCUT2D eigenvalue weighted by atomic mass is 10.1. The number of anilines is 1. The van der Waals surface area contributed by atoms with E-state index in [1.807, 2.05) is 48.5 Å². The molecule has 5 heteroatoms. The first-order chi connectivity index (χ1) is 11.1. The van der Waals surface area contributed by atoms with Crippen LogP contribution < -0.4 is 10.2 Å². The fourth-order valence-electron chi connectivity index (χ4n) is 2.87. The maximum absolute atomic E-state index is 12.7. The average Bonchev–Trinajstić information content (AvgIpc) is 2.78. The molecule has 1 aliphatic heterocycles. The molecule has 0 unspecified atom stereocenters. The molecule has 1 aliphatic rings.